The van der Waals surface area contributed by atoms with Crippen molar-refractivity contribution in [1.29, 1.82) is 0 Å². The summed E-state index contributed by atoms with van der Waals surface area (Å²) in [6, 6.07) is 9.89. The molecule has 33 heavy (non-hydrogen) atoms. The van der Waals surface area contributed by atoms with Gasteiger partial charge in [-0.25, -0.2) is 9.67 Å². The number of halogens is 4. The van der Waals surface area contributed by atoms with E-state index in [4.69, 9.17) is 11.6 Å². The van der Waals surface area contributed by atoms with Crippen LogP contribution in [0.4, 0.5) is 13.2 Å². The number of ether oxygens (including phenoxy) is 1. The second kappa shape index (κ2) is 8.35. The minimum absolute atomic E-state index is 0.159. The fourth-order valence-electron chi connectivity index (χ4n) is 4.19. The van der Waals surface area contributed by atoms with Gasteiger partial charge < -0.3 is 15.0 Å². The van der Waals surface area contributed by atoms with Crippen LogP contribution in [0, 0.1) is 0 Å². The summed E-state index contributed by atoms with van der Waals surface area (Å²) in [6.07, 6.45) is -2.58. The number of nitrogens with zero attached hydrogens (tertiary/aromatic N) is 3. The average molecular weight is 478 g/mol. The number of imidazole rings is 1. The molecule has 11 heteroatoms. The monoisotopic (exact) mass is 477 g/mol. The van der Waals surface area contributed by atoms with Crippen molar-refractivity contribution >= 4 is 33.4 Å². The maximum absolute atomic E-state index is 13.0. The molecule has 2 N–H and O–H groups in total. The second-order valence-corrected chi connectivity index (χ2v) is 8.39. The highest BCUT2D eigenvalue weighted by Gasteiger charge is 2.32. The van der Waals surface area contributed by atoms with E-state index < -0.39 is 12.1 Å². The largest absolute Gasteiger partial charge is 0.573 e. The Labute approximate surface area is 190 Å². The van der Waals surface area contributed by atoms with Crippen molar-refractivity contribution < 1.29 is 17.9 Å². The molecular weight excluding hydrogens is 459 g/mol. The van der Waals surface area contributed by atoms with Gasteiger partial charge in [0, 0.05) is 17.5 Å². The molecule has 0 bridgehead atoms. The molecule has 3 heterocycles. The predicted molar refractivity (Wildman–Crippen MR) is 118 cm³/mol. The Balaban J connectivity index is 1.53. The van der Waals surface area contributed by atoms with Crippen molar-refractivity contribution in [2.75, 3.05) is 6.54 Å². The smallest absolute Gasteiger partial charge is 0.404 e. The lowest BCUT2D eigenvalue weighted by molar-refractivity contribution is -0.274. The lowest BCUT2D eigenvalue weighted by atomic mass is 10.1. The first-order valence-electron chi connectivity index (χ1n) is 10.4. The topological polar surface area (TPSA) is 84.8 Å². The number of hydrogen-bond acceptors (Lipinski definition) is 5. The van der Waals surface area contributed by atoms with Crippen LogP contribution in [0.15, 0.2) is 41.2 Å². The second-order valence-electron chi connectivity index (χ2n) is 7.98. The fraction of sp³-hybridized carbons (Fsp3) is 0.318. The number of H-pyrrole nitrogens is 1. The van der Waals surface area contributed by atoms with Crippen molar-refractivity contribution in [2.45, 2.75) is 38.2 Å². The van der Waals surface area contributed by atoms with Crippen LogP contribution in [0.25, 0.3) is 21.8 Å². The summed E-state index contributed by atoms with van der Waals surface area (Å²) in [5.74, 6) is -0.0389. The van der Waals surface area contributed by atoms with Gasteiger partial charge in [-0.2, -0.15) is 5.10 Å². The third kappa shape index (κ3) is 4.53. The summed E-state index contributed by atoms with van der Waals surface area (Å²) in [5.41, 5.74) is 1.23. The molecule has 2 aromatic heterocycles. The van der Waals surface area contributed by atoms with Crippen LogP contribution < -0.4 is 15.6 Å². The van der Waals surface area contributed by atoms with Crippen molar-refractivity contribution in [3.05, 3.63) is 63.3 Å². The number of aromatic nitrogens is 4. The third-order valence-corrected chi connectivity index (χ3v) is 5.94. The van der Waals surface area contributed by atoms with Gasteiger partial charge in [-0.05, 0) is 31.5 Å². The van der Waals surface area contributed by atoms with Gasteiger partial charge >= 0.3 is 6.36 Å². The number of hydrogen-bond donors (Lipinski definition) is 2. The van der Waals surface area contributed by atoms with E-state index in [1.807, 2.05) is 12.1 Å². The molecule has 0 aliphatic carbocycles. The van der Waals surface area contributed by atoms with E-state index in [1.54, 1.807) is 12.1 Å². The van der Waals surface area contributed by atoms with Gasteiger partial charge in [0.25, 0.3) is 5.56 Å². The standard InChI is InChI=1S/C22H19ClF3N5O2/c23-15-8-17-18(9-19(15)33-22(24,25)26)29-20(28-17)10-16-13-5-1-2-6-14(13)21(32)31(30-16)11-12-4-3-7-27-12/h1-2,5-6,8-9,12,27H,3-4,7,10-11H2,(H,28,29). The number of nitrogens with one attached hydrogen (secondary N) is 2. The highest BCUT2D eigenvalue weighted by Crippen LogP contribution is 2.33. The molecule has 1 aliphatic heterocycles. The van der Waals surface area contributed by atoms with Crippen LogP contribution in [0.1, 0.15) is 24.4 Å². The highest BCUT2D eigenvalue weighted by molar-refractivity contribution is 6.32. The van der Waals surface area contributed by atoms with Crippen LogP contribution in [-0.4, -0.2) is 38.7 Å². The lowest BCUT2D eigenvalue weighted by Gasteiger charge is -2.14. The van der Waals surface area contributed by atoms with E-state index in [0.29, 0.717) is 34.4 Å². The Morgan fingerprint density at radius 2 is 2.00 bits per heavy atom. The summed E-state index contributed by atoms with van der Waals surface area (Å²) < 4.78 is 43.3. The van der Waals surface area contributed by atoms with Crippen LogP contribution >= 0.6 is 11.6 Å². The molecule has 4 aromatic rings. The molecule has 172 valence electrons. The molecule has 1 saturated heterocycles. The van der Waals surface area contributed by atoms with Gasteiger partial charge in [0.05, 0.1) is 40.1 Å². The third-order valence-electron chi connectivity index (χ3n) is 5.65. The van der Waals surface area contributed by atoms with Gasteiger partial charge in [-0.15, -0.1) is 13.2 Å². The minimum atomic E-state index is -4.86. The van der Waals surface area contributed by atoms with Crippen LogP contribution in [0.2, 0.25) is 5.02 Å². The summed E-state index contributed by atoms with van der Waals surface area (Å²) in [4.78, 5) is 20.5. The number of alkyl halides is 3. The zero-order valence-corrected chi connectivity index (χ0v) is 18.0. The molecule has 0 spiro atoms. The molecule has 2 aromatic carbocycles. The van der Waals surface area contributed by atoms with E-state index in [-0.39, 0.29) is 28.6 Å². The molecule has 1 fully saturated rings. The van der Waals surface area contributed by atoms with Gasteiger partial charge in [0.15, 0.2) is 0 Å². The zero-order valence-electron chi connectivity index (χ0n) is 17.2. The lowest BCUT2D eigenvalue weighted by Crippen LogP contribution is -2.34. The van der Waals surface area contributed by atoms with Gasteiger partial charge in [0.2, 0.25) is 0 Å². The summed E-state index contributed by atoms with van der Waals surface area (Å²) in [7, 11) is 0. The molecule has 0 saturated carbocycles. The minimum Gasteiger partial charge on any atom is -0.404 e. The van der Waals surface area contributed by atoms with E-state index in [2.05, 4.69) is 25.1 Å². The fourth-order valence-corrected chi connectivity index (χ4v) is 4.39. The number of benzene rings is 2. The van der Waals surface area contributed by atoms with Crippen LogP contribution in [0.5, 0.6) is 5.75 Å². The number of fused-ring (bicyclic) bond motifs is 2. The molecule has 5 rings (SSSR count). The summed E-state index contributed by atoms with van der Waals surface area (Å²) in [5, 5.41) is 9.07. The molecule has 1 unspecified atom stereocenters. The maximum Gasteiger partial charge on any atom is 0.573 e. The normalized spacial score (nSPS) is 16.7. The number of aromatic amines is 1. The van der Waals surface area contributed by atoms with Crippen LogP contribution in [-0.2, 0) is 13.0 Å². The number of rotatable bonds is 5. The van der Waals surface area contributed by atoms with E-state index in [9.17, 15) is 18.0 Å². The Morgan fingerprint density at radius 3 is 2.73 bits per heavy atom. The van der Waals surface area contributed by atoms with E-state index in [0.717, 1.165) is 25.5 Å². The zero-order chi connectivity index (χ0) is 23.2. The first kappa shape index (κ1) is 21.7. The molecule has 0 radical (unpaired) electrons. The Morgan fingerprint density at radius 1 is 1.21 bits per heavy atom. The average Bonchev–Trinajstić information content (AvgIpc) is 3.40. The summed E-state index contributed by atoms with van der Waals surface area (Å²) in [6.45, 7) is 1.38. The Kier molecular flexibility index (Phi) is 5.49. The van der Waals surface area contributed by atoms with E-state index >= 15 is 0 Å². The quantitative estimate of drug-likeness (QED) is 0.451. The first-order chi connectivity index (χ1) is 15.8. The van der Waals surface area contributed by atoms with Gasteiger partial charge in [0.1, 0.15) is 11.6 Å². The van der Waals surface area contributed by atoms with Crippen molar-refractivity contribution in [3.8, 4) is 5.75 Å². The molecular formula is C22H19ClF3N5O2. The summed E-state index contributed by atoms with van der Waals surface area (Å²) >= 11 is 5.95. The van der Waals surface area contributed by atoms with Gasteiger partial charge in [-0.3, -0.25) is 4.79 Å². The van der Waals surface area contributed by atoms with Gasteiger partial charge in [-0.1, -0.05) is 29.8 Å². The van der Waals surface area contributed by atoms with Crippen LogP contribution in [0.3, 0.4) is 0 Å². The Bertz CT molecular complexity index is 1390. The maximum atomic E-state index is 13.0. The molecule has 1 aliphatic rings. The van der Waals surface area contributed by atoms with E-state index in [1.165, 1.54) is 10.7 Å². The van der Waals surface area contributed by atoms with Crippen molar-refractivity contribution in [1.82, 2.24) is 25.1 Å². The SMILES string of the molecule is O=c1c2ccccc2c(Cc2nc3cc(OC(F)(F)F)c(Cl)cc3[nH]2)nn1CC1CCCN1. The first-order valence-corrected chi connectivity index (χ1v) is 10.8. The highest BCUT2D eigenvalue weighted by atomic mass is 35.5. The molecule has 1 atom stereocenters. The Hall–Kier alpha value is -3.11. The van der Waals surface area contributed by atoms with Crippen molar-refractivity contribution in [3.63, 3.8) is 0 Å². The predicted octanol–water partition coefficient (Wildman–Crippen LogP) is 4.17. The van der Waals surface area contributed by atoms with Crippen molar-refractivity contribution in [2.24, 2.45) is 0 Å². The molecule has 7 nitrogen and oxygen atoms in total. The molecule has 0 amide bonds.